The maximum Gasteiger partial charge on any atom is 0.241 e. The number of rotatable bonds is 5. The second-order valence-corrected chi connectivity index (χ2v) is 5.03. The lowest BCUT2D eigenvalue weighted by molar-refractivity contribution is -0.131. The van der Waals surface area contributed by atoms with Gasteiger partial charge in [-0.05, 0) is 31.4 Å². The molecule has 0 unspecified atom stereocenters. The maximum absolute atomic E-state index is 11.8. The summed E-state index contributed by atoms with van der Waals surface area (Å²) in [6, 6.07) is 7.79. The fourth-order valence-electron chi connectivity index (χ4n) is 2.26. The van der Waals surface area contributed by atoms with Gasteiger partial charge >= 0.3 is 0 Å². The minimum atomic E-state index is -0.166. The van der Waals surface area contributed by atoms with Crippen LogP contribution in [0, 0.1) is 6.92 Å². The molecule has 1 saturated heterocycles. The molecule has 2 N–H and O–H groups in total. The average molecular weight is 275 g/mol. The zero-order chi connectivity index (χ0) is 14.4. The second kappa shape index (κ2) is 6.93. The lowest BCUT2D eigenvalue weighted by Gasteiger charge is -2.15. The van der Waals surface area contributed by atoms with Crippen LogP contribution in [-0.4, -0.2) is 42.9 Å². The zero-order valence-electron chi connectivity index (χ0n) is 11.8. The van der Waals surface area contributed by atoms with Gasteiger partial charge < -0.3 is 15.5 Å². The van der Waals surface area contributed by atoms with E-state index in [1.807, 2.05) is 31.2 Å². The van der Waals surface area contributed by atoms with Crippen molar-refractivity contribution in [2.45, 2.75) is 19.8 Å². The van der Waals surface area contributed by atoms with E-state index in [9.17, 15) is 9.59 Å². The largest absolute Gasteiger partial charge is 0.376 e. The molecule has 1 aliphatic rings. The predicted octanol–water partition coefficient (Wildman–Crippen LogP) is 1.15. The van der Waals surface area contributed by atoms with Gasteiger partial charge in [0.05, 0.1) is 13.1 Å². The Hall–Kier alpha value is -2.04. The van der Waals surface area contributed by atoms with Crippen molar-refractivity contribution in [1.29, 1.82) is 0 Å². The van der Waals surface area contributed by atoms with Crippen LogP contribution >= 0.6 is 0 Å². The zero-order valence-corrected chi connectivity index (χ0v) is 11.8. The van der Waals surface area contributed by atoms with Gasteiger partial charge in [-0.3, -0.25) is 9.59 Å². The van der Waals surface area contributed by atoms with Gasteiger partial charge in [0.1, 0.15) is 0 Å². The first-order chi connectivity index (χ1) is 9.66. The summed E-state index contributed by atoms with van der Waals surface area (Å²) in [5.74, 6) is -0.160. The molecular formula is C15H21N3O2. The minimum Gasteiger partial charge on any atom is -0.376 e. The fraction of sp³-hybridized carbons (Fsp3) is 0.467. The molecule has 0 atom stereocenters. The number of amides is 2. The van der Waals surface area contributed by atoms with Crippen molar-refractivity contribution in [1.82, 2.24) is 10.2 Å². The van der Waals surface area contributed by atoms with Crippen LogP contribution in [0.3, 0.4) is 0 Å². The topological polar surface area (TPSA) is 61.4 Å². The summed E-state index contributed by atoms with van der Waals surface area (Å²) in [5.41, 5.74) is 2.03. The minimum absolute atomic E-state index is 0.00624. The van der Waals surface area contributed by atoms with Crippen molar-refractivity contribution in [3.05, 3.63) is 29.8 Å². The molecule has 0 spiro atoms. The number of aryl methyl sites for hydroxylation is 1. The smallest absolute Gasteiger partial charge is 0.241 e. The Morgan fingerprint density at radius 2 is 1.85 bits per heavy atom. The highest BCUT2D eigenvalue weighted by molar-refractivity contribution is 5.87. The number of anilines is 1. The number of para-hydroxylation sites is 1. The lowest BCUT2D eigenvalue weighted by Crippen LogP contribution is -2.40. The fourth-order valence-corrected chi connectivity index (χ4v) is 2.26. The number of benzene rings is 1. The number of carbonyl (C=O) groups is 2. The van der Waals surface area contributed by atoms with Gasteiger partial charge in [0.15, 0.2) is 0 Å². The Balaban J connectivity index is 1.70. The van der Waals surface area contributed by atoms with Crippen molar-refractivity contribution < 1.29 is 9.59 Å². The predicted molar refractivity (Wildman–Crippen MR) is 78.5 cm³/mol. The van der Waals surface area contributed by atoms with Crippen LogP contribution in [0.5, 0.6) is 0 Å². The highest BCUT2D eigenvalue weighted by Crippen LogP contribution is 2.12. The van der Waals surface area contributed by atoms with E-state index in [2.05, 4.69) is 10.6 Å². The Morgan fingerprint density at radius 3 is 2.55 bits per heavy atom. The number of hydrogen-bond donors (Lipinski definition) is 2. The average Bonchev–Trinajstić information content (AvgIpc) is 2.98. The number of carbonyl (C=O) groups excluding carboxylic acids is 2. The van der Waals surface area contributed by atoms with Gasteiger partial charge in [-0.1, -0.05) is 18.2 Å². The molecule has 5 heteroatoms. The van der Waals surface area contributed by atoms with Gasteiger partial charge in [-0.25, -0.2) is 0 Å². The molecule has 1 aromatic carbocycles. The summed E-state index contributed by atoms with van der Waals surface area (Å²) < 4.78 is 0. The first-order valence-corrected chi connectivity index (χ1v) is 7.01. The normalized spacial score (nSPS) is 14.2. The van der Waals surface area contributed by atoms with E-state index in [1.165, 1.54) is 0 Å². The third kappa shape index (κ3) is 3.98. The van der Waals surface area contributed by atoms with Crippen LogP contribution in [0.15, 0.2) is 24.3 Å². The van der Waals surface area contributed by atoms with Gasteiger partial charge in [0.25, 0.3) is 0 Å². The van der Waals surface area contributed by atoms with Crippen molar-refractivity contribution in [2.75, 3.05) is 31.5 Å². The Bertz CT molecular complexity index is 482. The summed E-state index contributed by atoms with van der Waals surface area (Å²) in [4.78, 5) is 25.3. The summed E-state index contributed by atoms with van der Waals surface area (Å²) in [7, 11) is 0. The standard InChI is InChI=1S/C15H21N3O2/c1-12-6-2-3-7-13(12)16-10-14(19)17-11-15(20)18-8-4-5-9-18/h2-3,6-7,16H,4-5,8-11H2,1H3,(H,17,19). The summed E-state index contributed by atoms with van der Waals surface area (Å²) in [6.07, 6.45) is 2.13. The SMILES string of the molecule is Cc1ccccc1NCC(=O)NCC(=O)N1CCCC1. The monoisotopic (exact) mass is 275 g/mol. The molecule has 2 rings (SSSR count). The molecule has 1 aromatic rings. The van der Waals surface area contributed by atoms with E-state index in [-0.39, 0.29) is 24.9 Å². The molecule has 0 saturated carbocycles. The van der Waals surface area contributed by atoms with Crippen LogP contribution in [0.25, 0.3) is 0 Å². The van der Waals surface area contributed by atoms with Crippen molar-refractivity contribution in [2.24, 2.45) is 0 Å². The number of likely N-dealkylation sites (tertiary alicyclic amines) is 1. The van der Waals surface area contributed by atoms with Crippen LogP contribution in [0.4, 0.5) is 5.69 Å². The quantitative estimate of drug-likeness (QED) is 0.847. The van der Waals surface area contributed by atoms with E-state index in [0.717, 1.165) is 37.2 Å². The van der Waals surface area contributed by atoms with E-state index >= 15 is 0 Å². The molecule has 1 fully saturated rings. The molecular weight excluding hydrogens is 254 g/mol. The second-order valence-electron chi connectivity index (χ2n) is 5.03. The van der Waals surface area contributed by atoms with Crippen LogP contribution in [-0.2, 0) is 9.59 Å². The molecule has 0 radical (unpaired) electrons. The summed E-state index contributed by atoms with van der Waals surface area (Å²) >= 11 is 0. The Kier molecular flexibility index (Phi) is 4.98. The first-order valence-electron chi connectivity index (χ1n) is 7.01. The molecule has 0 bridgehead atoms. The number of hydrogen-bond acceptors (Lipinski definition) is 3. The van der Waals surface area contributed by atoms with E-state index < -0.39 is 0 Å². The van der Waals surface area contributed by atoms with Crippen molar-refractivity contribution >= 4 is 17.5 Å². The molecule has 5 nitrogen and oxygen atoms in total. The Morgan fingerprint density at radius 1 is 1.15 bits per heavy atom. The van der Waals surface area contributed by atoms with Gasteiger partial charge in [0.2, 0.25) is 11.8 Å². The molecule has 0 aromatic heterocycles. The number of nitrogens with zero attached hydrogens (tertiary/aromatic N) is 1. The molecule has 1 aliphatic heterocycles. The highest BCUT2D eigenvalue weighted by Gasteiger charge is 2.17. The first kappa shape index (κ1) is 14.4. The van der Waals surface area contributed by atoms with E-state index in [0.29, 0.717) is 0 Å². The van der Waals surface area contributed by atoms with Crippen LogP contribution in [0.2, 0.25) is 0 Å². The van der Waals surface area contributed by atoms with Crippen molar-refractivity contribution in [3.8, 4) is 0 Å². The van der Waals surface area contributed by atoms with Gasteiger partial charge in [-0.2, -0.15) is 0 Å². The van der Waals surface area contributed by atoms with Crippen LogP contribution in [0.1, 0.15) is 18.4 Å². The maximum atomic E-state index is 11.8. The van der Waals surface area contributed by atoms with Crippen LogP contribution < -0.4 is 10.6 Å². The van der Waals surface area contributed by atoms with Gasteiger partial charge in [0, 0.05) is 18.8 Å². The molecule has 2 amide bonds. The molecule has 20 heavy (non-hydrogen) atoms. The summed E-state index contributed by atoms with van der Waals surface area (Å²) in [6.45, 7) is 3.88. The van der Waals surface area contributed by atoms with Crippen molar-refractivity contribution in [3.63, 3.8) is 0 Å². The van der Waals surface area contributed by atoms with E-state index in [4.69, 9.17) is 0 Å². The summed E-state index contributed by atoms with van der Waals surface area (Å²) in [5, 5.41) is 5.73. The molecule has 108 valence electrons. The van der Waals surface area contributed by atoms with Gasteiger partial charge in [-0.15, -0.1) is 0 Å². The lowest BCUT2D eigenvalue weighted by atomic mass is 10.2. The van der Waals surface area contributed by atoms with E-state index in [1.54, 1.807) is 4.90 Å². The highest BCUT2D eigenvalue weighted by atomic mass is 16.2. The third-order valence-electron chi connectivity index (χ3n) is 3.48. The molecule has 1 heterocycles. The third-order valence-corrected chi connectivity index (χ3v) is 3.48. The number of nitrogens with one attached hydrogen (secondary N) is 2. The Labute approximate surface area is 119 Å². The molecule has 0 aliphatic carbocycles.